The topological polar surface area (TPSA) is 62.3 Å². The Morgan fingerprint density at radius 3 is 2.42 bits per heavy atom. The average molecular weight is 466 g/mol. The third kappa shape index (κ3) is 5.40. The predicted molar refractivity (Wildman–Crippen MR) is 126 cm³/mol. The molecule has 7 heteroatoms. The number of benzene rings is 2. The van der Waals surface area contributed by atoms with E-state index in [9.17, 15) is 14.0 Å². The number of likely N-dealkylation sites (tertiary alicyclic amines) is 1. The Morgan fingerprint density at radius 2 is 1.73 bits per heavy atom. The zero-order valence-corrected chi connectivity index (χ0v) is 19.1. The standard InChI is InChI=1S/C26H25ClFN3O2/c1-17-6-11-22(25(32)29-16-18-7-9-20(28)10-8-18)24(30-17)19-12-14-31(15-13-19)26(33)21-4-2-3-5-23(21)27/h2-11,19H,12-16H2,1H3,(H,29,32). The molecule has 0 spiro atoms. The quantitative estimate of drug-likeness (QED) is 0.568. The summed E-state index contributed by atoms with van der Waals surface area (Å²) < 4.78 is 13.1. The molecule has 2 amide bonds. The van der Waals surface area contributed by atoms with Gasteiger partial charge in [0.2, 0.25) is 0 Å². The van der Waals surface area contributed by atoms with E-state index in [1.165, 1.54) is 12.1 Å². The van der Waals surface area contributed by atoms with Crippen molar-refractivity contribution in [1.29, 1.82) is 0 Å². The molecule has 170 valence electrons. The lowest BCUT2D eigenvalue weighted by atomic mass is 9.89. The van der Waals surface area contributed by atoms with E-state index in [0.717, 1.165) is 17.0 Å². The summed E-state index contributed by atoms with van der Waals surface area (Å²) in [6, 6.07) is 16.7. The van der Waals surface area contributed by atoms with Crippen LogP contribution in [-0.4, -0.2) is 34.8 Å². The number of nitrogens with zero attached hydrogens (tertiary/aromatic N) is 2. The van der Waals surface area contributed by atoms with Gasteiger partial charge >= 0.3 is 0 Å². The maximum Gasteiger partial charge on any atom is 0.255 e. The zero-order chi connectivity index (χ0) is 23.4. The van der Waals surface area contributed by atoms with Crippen LogP contribution >= 0.6 is 11.6 Å². The number of rotatable bonds is 5. The van der Waals surface area contributed by atoms with Crippen molar-refractivity contribution in [3.63, 3.8) is 0 Å². The third-order valence-corrected chi connectivity index (χ3v) is 6.28. The van der Waals surface area contributed by atoms with E-state index in [1.54, 1.807) is 42.5 Å². The van der Waals surface area contributed by atoms with Crippen LogP contribution in [0.15, 0.2) is 60.7 Å². The summed E-state index contributed by atoms with van der Waals surface area (Å²) in [7, 11) is 0. The van der Waals surface area contributed by atoms with Crippen LogP contribution in [0.5, 0.6) is 0 Å². The van der Waals surface area contributed by atoms with Crippen molar-refractivity contribution in [1.82, 2.24) is 15.2 Å². The molecular weight excluding hydrogens is 441 g/mol. The Hall–Kier alpha value is -3.25. The van der Waals surface area contributed by atoms with Gasteiger partial charge in [-0.2, -0.15) is 0 Å². The molecule has 4 rings (SSSR count). The Morgan fingerprint density at radius 1 is 1.03 bits per heavy atom. The molecule has 3 aromatic rings. The molecular formula is C26H25ClFN3O2. The van der Waals surface area contributed by atoms with E-state index in [0.29, 0.717) is 48.6 Å². The van der Waals surface area contributed by atoms with E-state index >= 15 is 0 Å². The molecule has 5 nitrogen and oxygen atoms in total. The first-order valence-electron chi connectivity index (χ1n) is 11.0. The summed E-state index contributed by atoms with van der Waals surface area (Å²) in [5.74, 6) is -0.522. The van der Waals surface area contributed by atoms with Gasteiger partial charge in [-0.05, 0) is 61.7 Å². The fraction of sp³-hybridized carbons (Fsp3) is 0.269. The molecule has 33 heavy (non-hydrogen) atoms. The maximum atomic E-state index is 13.1. The monoisotopic (exact) mass is 465 g/mol. The van der Waals surface area contributed by atoms with Gasteiger partial charge in [-0.25, -0.2) is 4.39 Å². The number of pyridine rings is 1. The highest BCUT2D eigenvalue weighted by atomic mass is 35.5. The van der Waals surface area contributed by atoms with Gasteiger partial charge in [0.05, 0.1) is 21.8 Å². The lowest BCUT2D eigenvalue weighted by Crippen LogP contribution is -2.38. The molecule has 0 aliphatic carbocycles. The van der Waals surface area contributed by atoms with E-state index in [2.05, 4.69) is 5.32 Å². The van der Waals surface area contributed by atoms with Crippen molar-refractivity contribution in [2.24, 2.45) is 0 Å². The SMILES string of the molecule is Cc1ccc(C(=O)NCc2ccc(F)cc2)c(C2CCN(C(=O)c3ccccc3Cl)CC2)n1. The van der Waals surface area contributed by atoms with Gasteiger partial charge in [0.1, 0.15) is 5.82 Å². The molecule has 0 atom stereocenters. The summed E-state index contributed by atoms with van der Waals surface area (Å²) in [5.41, 5.74) is 3.47. The van der Waals surface area contributed by atoms with Crippen LogP contribution in [0.2, 0.25) is 5.02 Å². The Bertz CT molecular complexity index is 1160. The molecule has 0 unspecified atom stereocenters. The highest BCUT2D eigenvalue weighted by Crippen LogP contribution is 2.30. The second-order valence-corrected chi connectivity index (χ2v) is 8.65. The highest BCUT2D eigenvalue weighted by molar-refractivity contribution is 6.33. The van der Waals surface area contributed by atoms with Crippen molar-refractivity contribution in [3.05, 3.63) is 99.6 Å². The van der Waals surface area contributed by atoms with Gasteiger partial charge in [0.15, 0.2) is 0 Å². The van der Waals surface area contributed by atoms with Crippen molar-refractivity contribution >= 4 is 23.4 Å². The van der Waals surface area contributed by atoms with E-state index in [1.807, 2.05) is 17.9 Å². The fourth-order valence-electron chi connectivity index (χ4n) is 4.12. The van der Waals surface area contributed by atoms with Gasteiger partial charge < -0.3 is 10.2 Å². The van der Waals surface area contributed by atoms with Crippen molar-refractivity contribution < 1.29 is 14.0 Å². The zero-order valence-electron chi connectivity index (χ0n) is 18.4. The maximum absolute atomic E-state index is 13.1. The van der Waals surface area contributed by atoms with Gasteiger partial charge in [-0.15, -0.1) is 0 Å². The average Bonchev–Trinajstić information content (AvgIpc) is 2.83. The fourth-order valence-corrected chi connectivity index (χ4v) is 4.34. The number of halogens is 2. The minimum atomic E-state index is -0.311. The van der Waals surface area contributed by atoms with Crippen LogP contribution in [-0.2, 0) is 6.54 Å². The van der Waals surface area contributed by atoms with Gasteiger partial charge in [0.25, 0.3) is 11.8 Å². The number of aromatic nitrogens is 1. The Balaban J connectivity index is 1.44. The molecule has 1 N–H and O–H groups in total. The lowest BCUT2D eigenvalue weighted by molar-refractivity contribution is 0.0710. The first kappa shape index (κ1) is 22.9. The smallest absolute Gasteiger partial charge is 0.255 e. The third-order valence-electron chi connectivity index (χ3n) is 5.95. The van der Waals surface area contributed by atoms with E-state index in [4.69, 9.17) is 16.6 Å². The number of piperidine rings is 1. The first-order valence-corrected chi connectivity index (χ1v) is 11.3. The molecule has 1 aliphatic rings. The molecule has 1 aliphatic heterocycles. The summed E-state index contributed by atoms with van der Waals surface area (Å²) in [4.78, 5) is 32.3. The largest absolute Gasteiger partial charge is 0.348 e. The van der Waals surface area contributed by atoms with Crippen LogP contribution in [0.3, 0.4) is 0 Å². The normalized spacial score (nSPS) is 14.2. The first-order chi connectivity index (χ1) is 15.9. The Labute approximate surface area is 197 Å². The predicted octanol–water partition coefficient (Wildman–Crippen LogP) is 5.13. The number of hydrogen-bond acceptors (Lipinski definition) is 3. The van der Waals surface area contributed by atoms with Crippen LogP contribution in [0.1, 0.15) is 56.4 Å². The number of amides is 2. The number of carbonyl (C=O) groups is 2. The van der Waals surface area contributed by atoms with Gasteiger partial charge in [-0.1, -0.05) is 35.9 Å². The molecule has 0 saturated carbocycles. The van der Waals surface area contributed by atoms with Crippen LogP contribution in [0, 0.1) is 12.7 Å². The molecule has 2 aromatic carbocycles. The minimum Gasteiger partial charge on any atom is -0.348 e. The van der Waals surface area contributed by atoms with Crippen LogP contribution in [0.4, 0.5) is 4.39 Å². The Kier molecular flexibility index (Phi) is 7.04. The van der Waals surface area contributed by atoms with Gasteiger partial charge in [0, 0.05) is 31.2 Å². The summed E-state index contributed by atoms with van der Waals surface area (Å²) in [6.45, 7) is 3.35. The van der Waals surface area contributed by atoms with Crippen molar-refractivity contribution in [3.8, 4) is 0 Å². The molecule has 2 heterocycles. The van der Waals surface area contributed by atoms with Crippen molar-refractivity contribution in [2.45, 2.75) is 32.2 Å². The second kappa shape index (κ2) is 10.1. The molecule has 0 bridgehead atoms. The van der Waals surface area contributed by atoms with Gasteiger partial charge in [-0.3, -0.25) is 14.6 Å². The lowest BCUT2D eigenvalue weighted by Gasteiger charge is -2.32. The second-order valence-electron chi connectivity index (χ2n) is 8.24. The number of nitrogens with one attached hydrogen (secondary N) is 1. The van der Waals surface area contributed by atoms with Crippen molar-refractivity contribution in [2.75, 3.05) is 13.1 Å². The molecule has 1 saturated heterocycles. The number of aryl methyl sites for hydroxylation is 1. The van der Waals surface area contributed by atoms with E-state index in [-0.39, 0.29) is 23.5 Å². The van der Waals surface area contributed by atoms with Crippen LogP contribution < -0.4 is 5.32 Å². The number of hydrogen-bond donors (Lipinski definition) is 1. The summed E-state index contributed by atoms with van der Waals surface area (Å²) in [5, 5.41) is 3.36. The molecule has 1 aromatic heterocycles. The minimum absolute atomic E-state index is 0.0754. The number of carbonyl (C=O) groups excluding carboxylic acids is 2. The van der Waals surface area contributed by atoms with Crippen LogP contribution in [0.25, 0.3) is 0 Å². The molecule has 0 radical (unpaired) electrons. The summed E-state index contributed by atoms with van der Waals surface area (Å²) in [6.07, 6.45) is 1.43. The highest BCUT2D eigenvalue weighted by Gasteiger charge is 2.29. The summed E-state index contributed by atoms with van der Waals surface area (Å²) >= 11 is 6.20. The van der Waals surface area contributed by atoms with E-state index < -0.39 is 0 Å². The molecule has 1 fully saturated rings.